The molecule has 0 saturated carbocycles. The molecular formula is C20H26N4O3S. The molecule has 28 heavy (non-hydrogen) atoms. The van der Waals surface area contributed by atoms with Crippen LogP contribution >= 0.6 is 0 Å². The standard InChI is InChI=1S/C20H26N4O3S/c1-20(2,9-7-14-8-10-23-17(11-14)22-3)13-27-16-6-4-5-15-12-28(25,26)24-19(21)18(15)16/h4-6,8,10-11H,7,9,12-13H2,1-3H3,(H2,21,24)(H,22,23). The molecule has 0 bridgehead atoms. The summed E-state index contributed by atoms with van der Waals surface area (Å²) in [5.41, 5.74) is 8.24. The van der Waals surface area contributed by atoms with Crippen molar-refractivity contribution in [3.05, 3.63) is 53.2 Å². The lowest BCUT2D eigenvalue weighted by atomic mass is 9.87. The Morgan fingerprint density at radius 1 is 1.29 bits per heavy atom. The topological polar surface area (TPSA) is 107 Å². The normalized spacial score (nSPS) is 15.5. The molecule has 3 rings (SSSR count). The fraction of sp³-hybridized carbons (Fsp3) is 0.400. The van der Waals surface area contributed by atoms with Crippen LogP contribution in [0.25, 0.3) is 0 Å². The number of fused-ring (bicyclic) bond motifs is 1. The van der Waals surface area contributed by atoms with Crippen LogP contribution in [0.3, 0.4) is 0 Å². The number of hydrogen-bond donors (Lipinski definition) is 2. The monoisotopic (exact) mass is 402 g/mol. The van der Waals surface area contributed by atoms with Crippen LogP contribution in [0.15, 0.2) is 40.9 Å². The lowest BCUT2D eigenvalue weighted by Gasteiger charge is -2.26. The second kappa shape index (κ2) is 7.79. The fourth-order valence-electron chi connectivity index (χ4n) is 3.13. The molecule has 0 saturated heterocycles. The summed E-state index contributed by atoms with van der Waals surface area (Å²) in [6, 6.07) is 9.39. The minimum atomic E-state index is -3.55. The highest BCUT2D eigenvalue weighted by Crippen LogP contribution is 2.31. The summed E-state index contributed by atoms with van der Waals surface area (Å²) in [4.78, 5) is 4.23. The lowest BCUT2D eigenvalue weighted by Crippen LogP contribution is -2.27. The minimum absolute atomic E-state index is 0.00830. The van der Waals surface area contributed by atoms with E-state index in [0.29, 0.717) is 23.5 Å². The van der Waals surface area contributed by atoms with Gasteiger partial charge in [0.05, 0.1) is 17.9 Å². The maximum Gasteiger partial charge on any atom is 0.259 e. The largest absolute Gasteiger partial charge is 0.492 e. The van der Waals surface area contributed by atoms with Gasteiger partial charge in [-0.15, -0.1) is 4.40 Å². The molecule has 0 aliphatic carbocycles. The molecule has 8 heteroatoms. The molecule has 0 atom stereocenters. The van der Waals surface area contributed by atoms with Crippen molar-refractivity contribution >= 4 is 21.7 Å². The van der Waals surface area contributed by atoms with Gasteiger partial charge >= 0.3 is 0 Å². The van der Waals surface area contributed by atoms with E-state index in [4.69, 9.17) is 10.5 Å². The third kappa shape index (κ3) is 4.81. The Labute approximate surface area is 166 Å². The number of aromatic nitrogens is 1. The summed E-state index contributed by atoms with van der Waals surface area (Å²) < 4.78 is 33.3. The van der Waals surface area contributed by atoms with Crippen molar-refractivity contribution in [1.82, 2.24) is 4.98 Å². The summed E-state index contributed by atoms with van der Waals surface area (Å²) in [5.74, 6) is 1.26. The average Bonchev–Trinajstić information content (AvgIpc) is 2.64. The Kier molecular flexibility index (Phi) is 5.60. The van der Waals surface area contributed by atoms with Crippen LogP contribution in [0.1, 0.15) is 37.0 Å². The lowest BCUT2D eigenvalue weighted by molar-refractivity contribution is 0.169. The molecule has 150 valence electrons. The van der Waals surface area contributed by atoms with Gasteiger partial charge in [0.2, 0.25) is 0 Å². The first-order valence-corrected chi connectivity index (χ1v) is 10.8. The van der Waals surface area contributed by atoms with Gasteiger partial charge in [-0.05, 0) is 47.6 Å². The number of rotatable bonds is 7. The number of aryl methyl sites for hydroxylation is 1. The first-order valence-electron chi connectivity index (χ1n) is 9.15. The van der Waals surface area contributed by atoms with Crippen molar-refractivity contribution in [2.75, 3.05) is 19.0 Å². The number of nitrogens with zero attached hydrogens (tertiary/aromatic N) is 2. The molecule has 0 radical (unpaired) electrons. The molecule has 0 spiro atoms. The van der Waals surface area contributed by atoms with E-state index in [-0.39, 0.29) is 17.0 Å². The van der Waals surface area contributed by atoms with Crippen LogP contribution in [0.2, 0.25) is 0 Å². The number of ether oxygens (including phenoxy) is 1. The zero-order valence-electron chi connectivity index (χ0n) is 16.4. The zero-order valence-corrected chi connectivity index (χ0v) is 17.2. The highest BCUT2D eigenvalue weighted by atomic mass is 32.2. The maximum absolute atomic E-state index is 11.8. The Morgan fingerprint density at radius 2 is 2.07 bits per heavy atom. The molecule has 1 aliphatic heterocycles. The van der Waals surface area contributed by atoms with Crippen molar-refractivity contribution < 1.29 is 13.2 Å². The number of nitrogens with two attached hydrogens (primary N) is 1. The molecule has 1 aromatic heterocycles. The summed E-state index contributed by atoms with van der Waals surface area (Å²) in [6.45, 7) is 4.77. The highest BCUT2D eigenvalue weighted by Gasteiger charge is 2.26. The Morgan fingerprint density at radius 3 is 2.82 bits per heavy atom. The molecular weight excluding hydrogens is 376 g/mol. The highest BCUT2D eigenvalue weighted by molar-refractivity contribution is 7.89. The molecule has 0 unspecified atom stereocenters. The maximum atomic E-state index is 11.8. The van der Waals surface area contributed by atoms with Crippen molar-refractivity contribution in [3.8, 4) is 5.75 Å². The van der Waals surface area contributed by atoms with Crippen molar-refractivity contribution in [2.24, 2.45) is 15.5 Å². The predicted molar refractivity (Wildman–Crippen MR) is 111 cm³/mol. The van der Waals surface area contributed by atoms with Crippen LogP contribution in [-0.4, -0.2) is 32.9 Å². The van der Waals surface area contributed by atoms with Gasteiger partial charge in [-0.2, -0.15) is 0 Å². The molecule has 2 heterocycles. The Balaban J connectivity index is 1.68. The van der Waals surface area contributed by atoms with Crippen LogP contribution in [0.5, 0.6) is 5.75 Å². The number of hydrogen-bond acceptors (Lipinski definition) is 6. The molecule has 2 aromatic rings. The van der Waals surface area contributed by atoms with E-state index in [9.17, 15) is 8.42 Å². The van der Waals surface area contributed by atoms with Gasteiger partial charge in [-0.1, -0.05) is 26.0 Å². The van der Waals surface area contributed by atoms with Gasteiger partial charge in [-0.25, -0.2) is 13.4 Å². The summed E-state index contributed by atoms with van der Waals surface area (Å²) >= 11 is 0. The van der Waals surface area contributed by atoms with E-state index in [2.05, 4.69) is 28.5 Å². The quantitative estimate of drug-likeness (QED) is 0.737. The van der Waals surface area contributed by atoms with E-state index >= 15 is 0 Å². The second-order valence-corrected chi connectivity index (χ2v) is 9.38. The smallest absolute Gasteiger partial charge is 0.259 e. The third-order valence-corrected chi connectivity index (χ3v) is 5.88. The van der Waals surface area contributed by atoms with Gasteiger partial charge in [0.15, 0.2) is 0 Å². The van der Waals surface area contributed by atoms with Gasteiger partial charge in [-0.3, -0.25) is 0 Å². The number of anilines is 1. The molecule has 7 nitrogen and oxygen atoms in total. The molecule has 1 aliphatic rings. The van der Waals surface area contributed by atoms with E-state index in [0.717, 1.165) is 18.7 Å². The van der Waals surface area contributed by atoms with Crippen molar-refractivity contribution in [3.63, 3.8) is 0 Å². The van der Waals surface area contributed by atoms with Gasteiger partial charge in [0.1, 0.15) is 17.4 Å². The minimum Gasteiger partial charge on any atom is -0.492 e. The number of sulfonamides is 1. The first kappa shape index (κ1) is 20.1. The third-order valence-electron chi connectivity index (χ3n) is 4.73. The summed E-state index contributed by atoms with van der Waals surface area (Å²) in [5, 5.41) is 3.05. The van der Waals surface area contributed by atoms with Crippen LogP contribution in [0, 0.1) is 5.41 Å². The van der Waals surface area contributed by atoms with E-state index in [1.165, 1.54) is 5.56 Å². The van der Waals surface area contributed by atoms with E-state index in [1.54, 1.807) is 24.4 Å². The average molecular weight is 403 g/mol. The Hall–Kier alpha value is -2.61. The fourth-order valence-corrected chi connectivity index (χ4v) is 4.22. The van der Waals surface area contributed by atoms with E-state index in [1.807, 2.05) is 19.2 Å². The van der Waals surface area contributed by atoms with Gasteiger partial charge in [0.25, 0.3) is 10.0 Å². The van der Waals surface area contributed by atoms with Gasteiger partial charge in [0, 0.05) is 13.2 Å². The number of benzene rings is 1. The van der Waals surface area contributed by atoms with Crippen LogP contribution in [-0.2, 0) is 22.2 Å². The number of pyridine rings is 1. The number of nitrogens with one attached hydrogen (secondary N) is 1. The Bertz CT molecular complexity index is 1000. The molecule has 3 N–H and O–H groups in total. The summed E-state index contributed by atoms with van der Waals surface area (Å²) in [6.07, 6.45) is 3.63. The second-order valence-electron chi connectivity index (χ2n) is 7.75. The molecule has 1 aromatic carbocycles. The predicted octanol–water partition coefficient (Wildman–Crippen LogP) is 2.71. The van der Waals surface area contributed by atoms with Crippen molar-refractivity contribution in [1.29, 1.82) is 0 Å². The zero-order chi connectivity index (χ0) is 20.4. The van der Waals surface area contributed by atoms with Crippen LogP contribution < -0.4 is 15.8 Å². The van der Waals surface area contributed by atoms with Crippen LogP contribution in [0.4, 0.5) is 5.82 Å². The molecule has 0 fully saturated rings. The van der Waals surface area contributed by atoms with Gasteiger partial charge < -0.3 is 15.8 Å². The van der Waals surface area contributed by atoms with E-state index < -0.39 is 10.0 Å². The summed E-state index contributed by atoms with van der Waals surface area (Å²) in [7, 11) is -1.70. The number of amidine groups is 1. The first-order chi connectivity index (χ1) is 13.2. The SMILES string of the molecule is CNc1cc(CCC(C)(C)COc2cccc3c2C(N)=NS(=O)(=O)C3)ccn1. The van der Waals surface area contributed by atoms with Crippen molar-refractivity contribution in [2.45, 2.75) is 32.4 Å². The molecule has 0 amide bonds.